The first kappa shape index (κ1) is 14.8. The minimum atomic E-state index is -0.0988. The highest BCUT2D eigenvalue weighted by Gasteiger charge is 2.42. The van der Waals surface area contributed by atoms with Crippen molar-refractivity contribution in [2.75, 3.05) is 26.2 Å². The van der Waals surface area contributed by atoms with Crippen molar-refractivity contribution < 1.29 is 4.79 Å². The summed E-state index contributed by atoms with van der Waals surface area (Å²) < 4.78 is 0. The Hall–Kier alpha value is -0.570. The molecule has 2 heterocycles. The molecule has 2 rings (SSSR count). The van der Waals surface area contributed by atoms with Crippen LogP contribution in [0.1, 0.15) is 59.3 Å². The Kier molecular flexibility index (Phi) is 4.54. The molecular formula is C16H30N2O. The minimum absolute atomic E-state index is 0.0988. The molecule has 2 fully saturated rings. The van der Waals surface area contributed by atoms with Crippen molar-refractivity contribution in [3.63, 3.8) is 0 Å². The van der Waals surface area contributed by atoms with Gasteiger partial charge in [0.15, 0.2) is 0 Å². The van der Waals surface area contributed by atoms with Crippen LogP contribution in [0.25, 0.3) is 0 Å². The first-order chi connectivity index (χ1) is 9.11. The maximum Gasteiger partial charge on any atom is 0.228 e. The standard InChI is InChI=1S/C16H30N2O/c1-4-16(5-2,6-3)14(19)18-11-8-15(9-12-18)7-10-17-13-15/h17H,4-13H2,1-3H3. The molecule has 0 aliphatic carbocycles. The summed E-state index contributed by atoms with van der Waals surface area (Å²) in [4.78, 5) is 15.0. The lowest BCUT2D eigenvalue weighted by Crippen LogP contribution is -2.49. The van der Waals surface area contributed by atoms with Crippen LogP contribution in [0.5, 0.6) is 0 Å². The van der Waals surface area contributed by atoms with E-state index in [2.05, 4.69) is 31.0 Å². The average Bonchev–Trinajstić information content (AvgIpc) is 2.90. The Balaban J connectivity index is 1.98. The van der Waals surface area contributed by atoms with Crippen molar-refractivity contribution in [1.82, 2.24) is 10.2 Å². The van der Waals surface area contributed by atoms with Crippen LogP contribution in [0.4, 0.5) is 0 Å². The van der Waals surface area contributed by atoms with Gasteiger partial charge in [0.25, 0.3) is 0 Å². The topological polar surface area (TPSA) is 32.3 Å². The van der Waals surface area contributed by atoms with Crippen molar-refractivity contribution in [2.24, 2.45) is 10.8 Å². The van der Waals surface area contributed by atoms with E-state index in [0.29, 0.717) is 11.3 Å². The average molecular weight is 266 g/mol. The predicted octanol–water partition coefficient (Wildman–Crippen LogP) is 2.80. The van der Waals surface area contributed by atoms with E-state index in [4.69, 9.17) is 0 Å². The molecule has 2 saturated heterocycles. The highest BCUT2D eigenvalue weighted by Crippen LogP contribution is 2.39. The number of nitrogens with one attached hydrogen (secondary N) is 1. The molecule has 3 nitrogen and oxygen atoms in total. The van der Waals surface area contributed by atoms with E-state index in [0.717, 1.165) is 45.4 Å². The Morgan fingerprint density at radius 2 is 1.68 bits per heavy atom. The summed E-state index contributed by atoms with van der Waals surface area (Å²) in [7, 11) is 0. The van der Waals surface area contributed by atoms with Crippen LogP contribution < -0.4 is 5.32 Å². The number of nitrogens with zero attached hydrogens (tertiary/aromatic N) is 1. The maximum atomic E-state index is 12.8. The van der Waals surface area contributed by atoms with Gasteiger partial charge in [-0.05, 0) is 50.5 Å². The number of rotatable bonds is 4. The highest BCUT2D eigenvalue weighted by atomic mass is 16.2. The summed E-state index contributed by atoms with van der Waals surface area (Å²) in [6.07, 6.45) is 6.61. The Morgan fingerprint density at radius 3 is 2.11 bits per heavy atom. The van der Waals surface area contributed by atoms with Crippen molar-refractivity contribution >= 4 is 5.91 Å². The third kappa shape index (κ3) is 2.67. The Morgan fingerprint density at radius 1 is 1.11 bits per heavy atom. The van der Waals surface area contributed by atoms with Crippen molar-refractivity contribution in [3.8, 4) is 0 Å². The molecule has 0 radical (unpaired) electrons. The third-order valence-corrected chi connectivity index (χ3v) is 5.93. The monoisotopic (exact) mass is 266 g/mol. The van der Waals surface area contributed by atoms with E-state index in [9.17, 15) is 4.79 Å². The van der Waals surface area contributed by atoms with Gasteiger partial charge in [0.2, 0.25) is 5.91 Å². The SMILES string of the molecule is CCC(CC)(CC)C(=O)N1CCC2(CCNC2)CC1. The molecule has 3 heteroatoms. The minimum Gasteiger partial charge on any atom is -0.342 e. The number of piperidine rings is 1. The number of likely N-dealkylation sites (tertiary alicyclic amines) is 1. The summed E-state index contributed by atoms with van der Waals surface area (Å²) in [6.45, 7) is 10.8. The summed E-state index contributed by atoms with van der Waals surface area (Å²) in [5, 5.41) is 3.49. The van der Waals surface area contributed by atoms with Gasteiger partial charge in [0, 0.05) is 25.0 Å². The molecule has 0 unspecified atom stereocenters. The van der Waals surface area contributed by atoms with Gasteiger partial charge >= 0.3 is 0 Å². The van der Waals surface area contributed by atoms with Crippen molar-refractivity contribution in [3.05, 3.63) is 0 Å². The number of hydrogen-bond acceptors (Lipinski definition) is 2. The third-order valence-electron chi connectivity index (χ3n) is 5.93. The van der Waals surface area contributed by atoms with Crippen LogP contribution in [0, 0.1) is 10.8 Å². The zero-order valence-corrected chi connectivity index (χ0v) is 12.9. The number of hydrogen-bond donors (Lipinski definition) is 1. The molecule has 0 aromatic rings. The van der Waals surface area contributed by atoms with E-state index >= 15 is 0 Å². The highest BCUT2D eigenvalue weighted by molar-refractivity contribution is 5.82. The summed E-state index contributed by atoms with van der Waals surface area (Å²) in [5.41, 5.74) is 0.405. The number of carbonyl (C=O) groups excluding carboxylic acids is 1. The fourth-order valence-electron chi connectivity index (χ4n) is 3.95. The second kappa shape index (κ2) is 5.82. The van der Waals surface area contributed by atoms with E-state index < -0.39 is 0 Å². The summed E-state index contributed by atoms with van der Waals surface area (Å²) in [5.74, 6) is 0.417. The van der Waals surface area contributed by atoms with Gasteiger partial charge in [0.05, 0.1) is 0 Å². The molecule has 0 aromatic carbocycles. The molecule has 2 aliphatic rings. The van der Waals surface area contributed by atoms with Crippen LogP contribution in [0.3, 0.4) is 0 Å². The molecular weight excluding hydrogens is 236 g/mol. The molecule has 19 heavy (non-hydrogen) atoms. The molecule has 1 N–H and O–H groups in total. The second-order valence-corrected chi connectivity index (χ2v) is 6.56. The lowest BCUT2D eigenvalue weighted by atomic mass is 9.75. The van der Waals surface area contributed by atoms with Crippen molar-refractivity contribution in [2.45, 2.75) is 59.3 Å². The molecule has 110 valence electrons. The normalized spacial score (nSPS) is 23.0. The van der Waals surface area contributed by atoms with E-state index in [-0.39, 0.29) is 5.41 Å². The molecule has 0 aromatic heterocycles. The smallest absolute Gasteiger partial charge is 0.228 e. The molecule has 1 amide bonds. The van der Waals surface area contributed by atoms with E-state index in [1.807, 2.05) is 0 Å². The quantitative estimate of drug-likeness (QED) is 0.848. The summed E-state index contributed by atoms with van der Waals surface area (Å²) in [6, 6.07) is 0. The maximum absolute atomic E-state index is 12.8. The van der Waals surface area contributed by atoms with Gasteiger partial charge < -0.3 is 10.2 Å². The van der Waals surface area contributed by atoms with Crippen LogP contribution in [0.15, 0.2) is 0 Å². The molecule has 2 aliphatic heterocycles. The lowest BCUT2D eigenvalue weighted by molar-refractivity contribution is -0.145. The van der Waals surface area contributed by atoms with Crippen LogP contribution >= 0.6 is 0 Å². The fourth-order valence-corrected chi connectivity index (χ4v) is 3.95. The Bertz CT molecular complexity index is 298. The molecule has 0 atom stereocenters. The van der Waals surface area contributed by atoms with Gasteiger partial charge in [0.1, 0.15) is 0 Å². The van der Waals surface area contributed by atoms with E-state index in [1.165, 1.54) is 19.3 Å². The number of carbonyl (C=O) groups is 1. The first-order valence-corrected chi connectivity index (χ1v) is 8.11. The van der Waals surface area contributed by atoms with Gasteiger partial charge in [-0.1, -0.05) is 20.8 Å². The van der Waals surface area contributed by atoms with E-state index in [1.54, 1.807) is 0 Å². The second-order valence-electron chi connectivity index (χ2n) is 6.56. The fraction of sp³-hybridized carbons (Fsp3) is 0.938. The van der Waals surface area contributed by atoms with Gasteiger partial charge in [-0.15, -0.1) is 0 Å². The molecule has 0 saturated carbocycles. The van der Waals surface area contributed by atoms with Crippen molar-refractivity contribution in [1.29, 1.82) is 0 Å². The van der Waals surface area contributed by atoms with Gasteiger partial charge in [-0.25, -0.2) is 0 Å². The predicted molar refractivity (Wildman–Crippen MR) is 79.0 cm³/mol. The van der Waals surface area contributed by atoms with Crippen LogP contribution in [-0.2, 0) is 4.79 Å². The lowest BCUT2D eigenvalue weighted by Gasteiger charge is -2.43. The van der Waals surface area contributed by atoms with Crippen LogP contribution in [-0.4, -0.2) is 37.0 Å². The van der Waals surface area contributed by atoms with Gasteiger partial charge in [-0.3, -0.25) is 4.79 Å². The summed E-state index contributed by atoms with van der Waals surface area (Å²) >= 11 is 0. The molecule has 0 bridgehead atoms. The molecule has 1 spiro atoms. The van der Waals surface area contributed by atoms with Gasteiger partial charge in [-0.2, -0.15) is 0 Å². The first-order valence-electron chi connectivity index (χ1n) is 8.11. The largest absolute Gasteiger partial charge is 0.342 e. The zero-order valence-electron chi connectivity index (χ0n) is 12.9. The zero-order chi connectivity index (χ0) is 13.9. The number of amides is 1. The Labute approximate surface area is 118 Å². The van der Waals surface area contributed by atoms with Crippen LogP contribution in [0.2, 0.25) is 0 Å².